The molecule has 15 heteroatoms. The summed E-state index contributed by atoms with van der Waals surface area (Å²) in [7, 11) is 3.04. The second-order valence-corrected chi connectivity index (χ2v) is 11.2. The molecule has 1 aliphatic rings. The fourth-order valence-electron chi connectivity index (χ4n) is 5.20. The first-order valence-electron chi connectivity index (χ1n) is 15.8. The summed E-state index contributed by atoms with van der Waals surface area (Å²) in [6, 6.07) is 6.95. The first-order valence-corrected chi connectivity index (χ1v) is 15.8. The van der Waals surface area contributed by atoms with Crippen LogP contribution in [0.15, 0.2) is 43.0 Å². The lowest BCUT2D eigenvalue weighted by Gasteiger charge is -2.17. The number of anilines is 1. The van der Waals surface area contributed by atoms with Gasteiger partial charge in [-0.1, -0.05) is 24.3 Å². The number of halogens is 3. The van der Waals surface area contributed by atoms with Crippen molar-refractivity contribution in [3.63, 3.8) is 0 Å². The van der Waals surface area contributed by atoms with Crippen molar-refractivity contribution in [2.24, 2.45) is 7.05 Å². The lowest BCUT2D eigenvalue weighted by Crippen LogP contribution is -2.27. The van der Waals surface area contributed by atoms with Crippen LogP contribution in [0.1, 0.15) is 72.8 Å². The van der Waals surface area contributed by atoms with Crippen molar-refractivity contribution in [2.45, 2.75) is 64.5 Å². The third-order valence-corrected chi connectivity index (χ3v) is 7.70. The molecule has 3 heterocycles. The molecule has 48 heavy (non-hydrogen) atoms. The molecule has 1 saturated carbocycles. The Bertz CT molecular complexity index is 1690. The number of aromatic nitrogens is 6. The van der Waals surface area contributed by atoms with E-state index in [1.807, 2.05) is 13.8 Å². The number of aryl methyl sites for hydroxylation is 1. The number of nitrogens with one attached hydrogen (secondary N) is 2. The molecule has 0 aliphatic heterocycles. The number of hydrogen-bond acceptors (Lipinski definition) is 10. The smallest absolute Gasteiger partial charge is 0.434 e. The molecule has 1 amide bonds. The SMILES string of the molecule is CCOC(CCCNC(=O)c1cnc(-c2c(OC)ncnc2C2CC2)nc1NCc1ccc(-c2nc(C(F)(F)F)cn2C)cc1)OCC. The van der Waals surface area contributed by atoms with E-state index in [1.165, 1.54) is 31.2 Å². The predicted octanol–water partition coefficient (Wildman–Crippen LogP) is 5.76. The first-order chi connectivity index (χ1) is 23.1. The van der Waals surface area contributed by atoms with Crippen molar-refractivity contribution in [3.05, 3.63) is 65.5 Å². The maximum Gasteiger partial charge on any atom is 0.434 e. The summed E-state index contributed by atoms with van der Waals surface area (Å²) in [5.41, 5.74) is 1.98. The molecule has 256 valence electrons. The van der Waals surface area contributed by atoms with E-state index in [-0.39, 0.29) is 41.9 Å². The summed E-state index contributed by atoms with van der Waals surface area (Å²) in [4.78, 5) is 35.2. The Hall–Kier alpha value is -4.63. The average Bonchev–Trinajstić information content (AvgIpc) is 3.85. The molecular formula is C33H39F3N8O4. The molecule has 4 aromatic rings. The predicted molar refractivity (Wildman–Crippen MR) is 171 cm³/mol. The van der Waals surface area contributed by atoms with Gasteiger partial charge in [-0.25, -0.2) is 24.9 Å². The van der Waals surface area contributed by atoms with E-state index in [0.29, 0.717) is 55.4 Å². The number of imidazole rings is 1. The van der Waals surface area contributed by atoms with Crippen molar-refractivity contribution >= 4 is 11.7 Å². The van der Waals surface area contributed by atoms with Gasteiger partial charge in [0.1, 0.15) is 29.1 Å². The molecule has 2 N–H and O–H groups in total. The number of rotatable bonds is 16. The van der Waals surface area contributed by atoms with Crippen LogP contribution in [0.25, 0.3) is 22.8 Å². The first kappa shape index (κ1) is 34.7. The van der Waals surface area contributed by atoms with E-state index >= 15 is 0 Å². The minimum Gasteiger partial charge on any atom is -0.480 e. The van der Waals surface area contributed by atoms with Gasteiger partial charge in [0.15, 0.2) is 17.8 Å². The number of hydrogen-bond donors (Lipinski definition) is 2. The normalized spacial score (nSPS) is 13.2. The van der Waals surface area contributed by atoms with Crippen molar-refractivity contribution in [1.29, 1.82) is 0 Å². The fraction of sp³-hybridized carbons (Fsp3) is 0.455. The van der Waals surface area contributed by atoms with Gasteiger partial charge in [0.25, 0.3) is 5.91 Å². The quantitative estimate of drug-likeness (QED) is 0.112. The van der Waals surface area contributed by atoms with E-state index in [0.717, 1.165) is 30.3 Å². The Balaban J connectivity index is 1.37. The maximum atomic E-state index is 13.4. The molecule has 3 aromatic heterocycles. The van der Waals surface area contributed by atoms with E-state index in [1.54, 1.807) is 24.3 Å². The van der Waals surface area contributed by atoms with Crippen molar-refractivity contribution in [3.8, 4) is 28.7 Å². The Morgan fingerprint density at radius 2 is 1.79 bits per heavy atom. The van der Waals surface area contributed by atoms with E-state index < -0.39 is 11.9 Å². The molecule has 0 spiro atoms. The number of alkyl halides is 3. The fourth-order valence-corrected chi connectivity index (χ4v) is 5.20. The summed E-state index contributed by atoms with van der Waals surface area (Å²) in [6.07, 6.45) is 2.23. The van der Waals surface area contributed by atoms with Crippen molar-refractivity contribution < 1.29 is 32.2 Å². The van der Waals surface area contributed by atoms with E-state index in [4.69, 9.17) is 19.2 Å². The molecule has 0 radical (unpaired) electrons. The summed E-state index contributed by atoms with van der Waals surface area (Å²) in [5, 5.41) is 6.19. The summed E-state index contributed by atoms with van der Waals surface area (Å²) in [5.74, 6) is 1.02. The van der Waals surface area contributed by atoms with Crippen LogP contribution in [0.5, 0.6) is 5.88 Å². The highest BCUT2D eigenvalue weighted by Gasteiger charge is 2.35. The maximum absolute atomic E-state index is 13.4. The number of methoxy groups -OCH3 is 1. The van der Waals surface area contributed by atoms with Crippen LogP contribution >= 0.6 is 0 Å². The van der Waals surface area contributed by atoms with Crippen molar-refractivity contribution in [1.82, 2.24) is 34.8 Å². The molecule has 0 saturated heterocycles. The average molecular weight is 669 g/mol. The lowest BCUT2D eigenvalue weighted by molar-refractivity contribution is -0.141. The Morgan fingerprint density at radius 3 is 2.42 bits per heavy atom. The molecule has 5 rings (SSSR count). The van der Waals surface area contributed by atoms with Gasteiger partial charge in [-0.2, -0.15) is 13.2 Å². The monoisotopic (exact) mass is 668 g/mol. The third kappa shape index (κ3) is 8.44. The molecular weight excluding hydrogens is 629 g/mol. The van der Waals surface area contributed by atoms with Gasteiger partial charge in [-0.15, -0.1) is 0 Å². The standard InChI is InChI=1S/C33H39F3N8O4/c1-5-47-25(48-6-2)8-7-15-37-31(45)23-17-39-29(26-27(21-13-14-21)40-19-41-32(26)46-4)43-28(23)38-16-20-9-11-22(12-10-20)30-42-24(18-44(30)3)33(34,35)36/h9-12,17-19,21,25H,5-8,13-16H2,1-4H3,(H,37,45)(H,38,39,43). The number of nitrogens with zero attached hydrogens (tertiary/aromatic N) is 6. The van der Waals surface area contributed by atoms with Crippen LogP contribution in [0.3, 0.4) is 0 Å². The minimum absolute atomic E-state index is 0.195. The van der Waals surface area contributed by atoms with Crippen LogP contribution in [0, 0.1) is 0 Å². The van der Waals surface area contributed by atoms with Gasteiger partial charge in [-0.3, -0.25) is 4.79 Å². The van der Waals surface area contributed by atoms with E-state index in [2.05, 4.69) is 30.6 Å². The third-order valence-electron chi connectivity index (χ3n) is 7.70. The van der Waals surface area contributed by atoms with Crippen LogP contribution in [-0.4, -0.2) is 68.6 Å². The number of amides is 1. The zero-order valence-corrected chi connectivity index (χ0v) is 27.3. The molecule has 0 atom stereocenters. The lowest BCUT2D eigenvalue weighted by atomic mass is 10.1. The Labute approximate surface area is 276 Å². The summed E-state index contributed by atoms with van der Waals surface area (Å²) >= 11 is 0. The Kier molecular flexibility index (Phi) is 11.2. The van der Waals surface area contributed by atoms with Gasteiger partial charge < -0.3 is 29.4 Å². The Morgan fingerprint density at radius 1 is 1.06 bits per heavy atom. The molecule has 0 unspecified atom stereocenters. The van der Waals surface area contributed by atoms with Gasteiger partial charge in [-0.05, 0) is 38.7 Å². The van der Waals surface area contributed by atoms with E-state index in [9.17, 15) is 18.0 Å². The van der Waals surface area contributed by atoms with Gasteiger partial charge in [0.05, 0.1) is 12.8 Å². The largest absolute Gasteiger partial charge is 0.480 e. The molecule has 1 aliphatic carbocycles. The van der Waals surface area contributed by atoms with Crippen LogP contribution < -0.4 is 15.4 Å². The zero-order chi connectivity index (χ0) is 34.3. The van der Waals surface area contributed by atoms with Gasteiger partial charge in [0.2, 0.25) is 5.88 Å². The number of benzene rings is 1. The van der Waals surface area contributed by atoms with Crippen LogP contribution in [0.4, 0.5) is 19.0 Å². The van der Waals surface area contributed by atoms with Gasteiger partial charge >= 0.3 is 6.18 Å². The highest BCUT2D eigenvalue weighted by molar-refractivity contribution is 5.98. The summed E-state index contributed by atoms with van der Waals surface area (Å²) in [6.45, 7) is 5.50. The summed E-state index contributed by atoms with van der Waals surface area (Å²) < 4.78 is 57.6. The van der Waals surface area contributed by atoms with Crippen molar-refractivity contribution in [2.75, 3.05) is 32.2 Å². The molecule has 1 aromatic carbocycles. The van der Waals surface area contributed by atoms with Crippen LogP contribution in [0.2, 0.25) is 0 Å². The van der Waals surface area contributed by atoms with Crippen LogP contribution in [-0.2, 0) is 29.2 Å². The molecule has 12 nitrogen and oxygen atoms in total. The second kappa shape index (κ2) is 15.5. The van der Waals surface area contributed by atoms with Gasteiger partial charge in [0, 0.05) is 63.6 Å². The number of carbonyl (C=O) groups excluding carboxylic acids is 1. The highest BCUT2D eigenvalue weighted by Crippen LogP contribution is 2.45. The topological polar surface area (TPSA) is 138 Å². The number of carbonyl (C=O) groups is 1. The molecule has 0 bridgehead atoms. The zero-order valence-electron chi connectivity index (χ0n) is 27.3. The second-order valence-electron chi connectivity index (χ2n) is 11.2. The highest BCUT2D eigenvalue weighted by atomic mass is 19.4. The molecule has 1 fully saturated rings. The minimum atomic E-state index is -4.54. The number of ether oxygens (including phenoxy) is 3.